The van der Waals surface area contributed by atoms with Crippen LogP contribution in [0.3, 0.4) is 0 Å². The van der Waals surface area contributed by atoms with Crippen LogP contribution in [0, 0.1) is 0 Å². The third-order valence-electron chi connectivity index (χ3n) is 2.67. The first kappa shape index (κ1) is 13.3. The van der Waals surface area contributed by atoms with Gasteiger partial charge in [0, 0.05) is 17.5 Å². The number of benzene rings is 1. The third-order valence-corrected chi connectivity index (χ3v) is 4.58. The van der Waals surface area contributed by atoms with Gasteiger partial charge in [-0.15, -0.1) is 16.4 Å². The highest BCUT2D eigenvalue weighted by Gasteiger charge is 2.11. The Morgan fingerprint density at radius 1 is 1.25 bits per heavy atom. The molecular formula is C13H13N5S2. The molecule has 0 amide bonds. The summed E-state index contributed by atoms with van der Waals surface area (Å²) in [6, 6.07) is 10.2. The fourth-order valence-corrected chi connectivity index (χ4v) is 3.47. The molecule has 0 unspecified atom stereocenters. The summed E-state index contributed by atoms with van der Waals surface area (Å²) in [7, 11) is 0. The lowest BCUT2D eigenvalue weighted by Gasteiger charge is -1.99. The molecule has 0 atom stereocenters. The monoisotopic (exact) mass is 303 g/mol. The molecule has 0 bridgehead atoms. The molecule has 2 aromatic heterocycles. The fraction of sp³-hybridized carbons (Fsp3) is 0.231. The van der Waals surface area contributed by atoms with Crippen molar-refractivity contribution in [3.8, 4) is 11.3 Å². The van der Waals surface area contributed by atoms with E-state index in [-0.39, 0.29) is 0 Å². The topological polar surface area (TPSA) is 56.5 Å². The van der Waals surface area contributed by atoms with E-state index in [9.17, 15) is 0 Å². The number of hydrogen-bond donors (Lipinski definition) is 0. The number of nitrogens with zero attached hydrogens (tertiary/aromatic N) is 5. The Bertz CT molecular complexity index is 677. The van der Waals surface area contributed by atoms with E-state index in [1.54, 1.807) is 11.3 Å². The number of rotatable bonds is 5. The molecule has 0 saturated carbocycles. The Morgan fingerprint density at radius 3 is 2.90 bits per heavy atom. The van der Waals surface area contributed by atoms with E-state index in [2.05, 4.69) is 44.9 Å². The highest BCUT2D eigenvalue weighted by molar-refractivity contribution is 8.00. The second-order valence-corrected chi connectivity index (χ2v) is 6.22. The van der Waals surface area contributed by atoms with E-state index in [4.69, 9.17) is 0 Å². The van der Waals surface area contributed by atoms with Gasteiger partial charge in [-0.3, -0.25) is 0 Å². The Kier molecular flexibility index (Phi) is 4.08. The van der Waals surface area contributed by atoms with Crippen molar-refractivity contribution in [3.63, 3.8) is 0 Å². The first-order chi connectivity index (χ1) is 9.86. The quantitative estimate of drug-likeness (QED) is 0.723. The van der Waals surface area contributed by atoms with E-state index in [1.807, 2.05) is 22.9 Å². The highest BCUT2D eigenvalue weighted by Crippen LogP contribution is 2.31. The molecular weight excluding hydrogens is 290 g/mol. The van der Waals surface area contributed by atoms with Crippen molar-refractivity contribution < 1.29 is 0 Å². The third kappa shape index (κ3) is 2.88. The van der Waals surface area contributed by atoms with Crippen LogP contribution < -0.4 is 0 Å². The Morgan fingerprint density at radius 2 is 2.10 bits per heavy atom. The summed E-state index contributed by atoms with van der Waals surface area (Å²) >= 11 is 3.12. The molecule has 1 aromatic carbocycles. The minimum atomic E-state index is 0.792. The summed E-state index contributed by atoms with van der Waals surface area (Å²) in [6.07, 6.45) is 1.01. The van der Waals surface area contributed by atoms with Gasteiger partial charge in [-0.25, -0.2) is 9.67 Å². The first-order valence-electron chi connectivity index (χ1n) is 6.32. The molecule has 0 N–H and O–H groups in total. The van der Waals surface area contributed by atoms with Crippen molar-refractivity contribution >= 4 is 23.1 Å². The van der Waals surface area contributed by atoms with Crippen molar-refractivity contribution in [3.05, 3.63) is 35.7 Å². The van der Waals surface area contributed by atoms with Crippen molar-refractivity contribution in [1.29, 1.82) is 0 Å². The second kappa shape index (κ2) is 6.15. The molecule has 0 spiro atoms. The van der Waals surface area contributed by atoms with Crippen molar-refractivity contribution in [2.75, 3.05) is 0 Å². The summed E-state index contributed by atoms with van der Waals surface area (Å²) in [4.78, 5) is 4.63. The Hall–Kier alpha value is -1.73. The summed E-state index contributed by atoms with van der Waals surface area (Å²) in [6.45, 7) is 2.93. The van der Waals surface area contributed by atoms with E-state index >= 15 is 0 Å². The zero-order valence-electron chi connectivity index (χ0n) is 10.9. The zero-order chi connectivity index (χ0) is 13.8. The lowest BCUT2D eigenvalue weighted by molar-refractivity contribution is 0.539. The van der Waals surface area contributed by atoms with E-state index in [0.717, 1.165) is 33.7 Å². The van der Waals surface area contributed by atoms with Crippen molar-refractivity contribution in [1.82, 2.24) is 25.2 Å². The van der Waals surface area contributed by atoms with Crippen molar-refractivity contribution in [2.45, 2.75) is 29.4 Å². The maximum Gasteiger partial charge on any atom is 0.216 e. The van der Waals surface area contributed by atoms with Crippen molar-refractivity contribution in [2.24, 2.45) is 0 Å². The maximum absolute atomic E-state index is 4.63. The smallest absolute Gasteiger partial charge is 0.216 e. The minimum absolute atomic E-state index is 0.792. The second-order valence-electron chi connectivity index (χ2n) is 4.15. The van der Waals surface area contributed by atoms with Gasteiger partial charge < -0.3 is 0 Å². The molecule has 0 saturated heterocycles. The average Bonchev–Trinajstić information content (AvgIpc) is 3.11. The standard InChI is InChI=1S/C13H13N5S2/c1-2-8-18-12(15-16-17-18)20-13-14-11(9-19-13)10-6-4-3-5-7-10/h3-7,9H,2,8H2,1H3. The van der Waals surface area contributed by atoms with Crippen LogP contribution in [-0.2, 0) is 6.54 Å². The van der Waals surface area contributed by atoms with Crippen LogP contribution in [0.4, 0.5) is 0 Å². The van der Waals surface area contributed by atoms with Gasteiger partial charge in [-0.1, -0.05) is 37.3 Å². The Labute approximate surface area is 125 Å². The predicted octanol–water partition coefficient (Wildman–Crippen LogP) is 3.36. The zero-order valence-corrected chi connectivity index (χ0v) is 12.6. The van der Waals surface area contributed by atoms with Gasteiger partial charge in [0.15, 0.2) is 4.34 Å². The van der Waals surface area contributed by atoms with Gasteiger partial charge in [0.25, 0.3) is 0 Å². The minimum Gasteiger partial charge on any atom is -0.229 e. The molecule has 0 aliphatic carbocycles. The summed E-state index contributed by atoms with van der Waals surface area (Å²) in [5, 5.41) is 14.6. The van der Waals surface area contributed by atoms with E-state index in [0.29, 0.717) is 0 Å². The number of thiazole rings is 1. The molecule has 0 aliphatic rings. The fourth-order valence-electron chi connectivity index (χ4n) is 1.75. The van der Waals surface area contributed by atoms with Gasteiger partial charge in [-0.05, 0) is 28.6 Å². The predicted molar refractivity (Wildman–Crippen MR) is 79.8 cm³/mol. The number of hydrogen-bond acceptors (Lipinski definition) is 6. The van der Waals surface area contributed by atoms with E-state index in [1.165, 1.54) is 11.8 Å². The van der Waals surface area contributed by atoms with Gasteiger partial charge in [0.2, 0.25) is 5.16 Å². The maximum atomic E-state index is 4.63. The Balaban J connectivity index is 1.79. The first-order valence-corrected chi connectivity index (χ1v) is 8.01. The van der Waals surface area contributed by atoms with Gasteiger partial charge in [0.1, 0.15) is 0 Å². The SMILES string of the molecule is CCCn1nnnc1Sc1nc(-c2ccccc2)cs1. The molecule has 7 heteroatoms. The molecule has 102 valence electrons. The molecule has 20 heavy (non-hydrogen) atoms. The normalized spacial score (nSPS) is 10.8. The lowest BCUT2D eigenvalue weighted by atomic mass is 10.2. The van der Waals surface area contributed by atoms with Gasteiger partial charge in [0.05, 0.1) is 5.69 Å². The molecule has 0 fully saturated rings. The number of tetrazole rings is 1. The molecule has 5 nitrogen and oxygen atoms in total. The van der Waals surface area contributed by atoms with Crippen LogP contribution in [0.15, 0.2) is 45.2 Å². The molecule has 3 aromatic rings. The van der Waals surface area contributed by atoms with Gasteiger partial charge in [-0.2, -0.15) is 0 Å². The number of aromatic nitrogens is 5. The van der Waals surface area contributed by atoms with Crippen LogP contribution in [0.1, 0.15) is 13.3 Å². The molecule has 0 aliphatic heterocycles. The summed E-state index contributed by atoms with van der Waals surface area (Å²) < 4.78 is 2.77. The van der Waals surface area contributed by atoms with Crippen LogP contribution in [-0.4, -0.2) is 25.2 Å². The molecule has 2 heterocycles. The lowest BCUT2D eigenvalue weighted by Crippen LogP contribution is -2.00. The van der Waals surface area contributed by atoms with Crippen LogP contribution in [0.25, 0.3) is 11.3 Å². The van der Waals surface area contributed by atoms with Gasteiger partial charge >= 0.3 is 0 Å². The summed E-state index contributed by atoms with van der Waals surface area (Å²) in [5.74, 6) is 0. The van der Waals surface area contributed by atoms with E-state index < -0.39 is 0 Å². The highest BCUT2D eigenvalue weighted by atomic mass is 32.2. The van der Waals surface area contributed by atoms with Crippen LogP contribution in [0.2, 0.25) is 0 Å². The molecule has 0 radical (unpaired) electrons. The van der Waals surface area contributed by atoms with Crippen LogP contribution in [0.5, 0.6) is 0 Å². The largest absolute Gasteiger partial charge is 0.229 e. The van der Waals surface area contributed by atoms with Crippen LogP contribution >= 0.6 is 23.1 Å². The molecule has 3 rings (SSSR count). The average molecular weight is 303 g/mol. The number of aryl methyl sites for hydroxylation is 1. The summed E-state index contributed by atoms with van der Waals surface area (Å²) in [5.41, 5.74) is 2.12.